The number of nitrogens with zero attached hydrogens (tertiary/aromatic N) is 3. The second kappa shape index (κ2) is 7.14. The van der Waals surface area contributed by atoms with Gasteiger partial charge in [0.05, 0.1) is 25.1 Å². The van der Waals surface area contributed by atoms with E-state index in [4.69, 9.17) is 4.74 Å². The summed E-state index contributed by atoms with van der Waals surface area (Å²) in [7, 11) is 0. The number of aromatic nitrogens is 2. The number of hydrogen-bond acceptors (Lipinski definition) is 4. The van der Waals surface area contributed by atoms with Crippen LogP contribution in [0.4, 0.5) is 0 Å². The molecule has 1 N–H and O–H groups in total. The summed E-state index contributed by atoms with van der Waals surface area (Å²) in [4.78, 5) is 2.44. The molecule has 4 rings (SSSR count). The molecular weight excluding hydrogens is 326 g/mol. The summed E-state index contributed by atoms with van der Waals surface area (Å²) in [6.07, 6.45) is 5.13. The maximum absolute atomic E-state index is 9.93. The Labute approximate surface area is 155 Å². The molecule has 140 valence electrons. The number of aliphatic hydroxyl groups is 1. The standard InChI is InChI=1S/C21H29N3O2/c1-16(2)18-3-5-20(6-4-18)24-11-17(9-22-24)10-23-12-19-7-8-26-15-21(19,13-23)14-25/h3-6,9,11,16,19,25H,7-8,10,12-15H2,1-2H3/t19-,21+/m0/s1. The van der Waals surface area contributed by atoms with Crippen molar-refractivity contribution in [2.75, 3.05) is 32.9 Å². The molecule has 2 aliphatic heterocycles. The number of aliphatic hydroxyl groups excluding tert-OH is 1. The van der Waals surface area contributed by atoms with Gasteiger partial charge in [0.2, 0.25) is 0 Å². The van der Waals surface area contributed by atoms with Gasteiger partial charge in [0.15, 0.2) is 0 Å². The van der Waals surface area contributed by atoms with E-state index in [1.54, 1.807) is 0 Å². The Morgan fingerprint density at radius 3 is 2.81 bits per heavy atom. The predicted molar refractivity (Wildman–Crippen MR) is 101 cm³/mol. The molecule has 5 heteroatoms. The van der Waals surface area contributed by atoms with E-state index in [1.807, 2.05) is 10.9 Å². The summed E-state index contributed by atoms with van der Waals surface area (Å²) in [5.41, 5.74) is 3.58. The van der Waals surface area contributed by atoms with Crippen molar-refractivity contribution in [3.05, 3.63) is 47.8 Å². The largest absolute Gasteiger partial charge is 0.396 e. The molecule has 0 bridgehead atoms. The lowest BCUT2D eigenvalue weighted by molar-refractivity contribution is -0.0561. The molecule has 2 saturated heterocycles. The summed E-state index contributed by atoms with van der Waals surface area (Å²) >= 11 is 0. The van der Waals surface area contributed by atoms with E-state index >= 15 is 0 Å². The summed E-state index contributed by atoms with van der Waals surface area (Å²) in [6, 6.07) is 8.62. The van der Waals surface area contributed by atoms with Gasteiger partial charge in [0.25, 0.3) is 0 Å². The second-order valence-corrected chi connectivity index (χ2v) is 8.27. The molecule has 26 heavy (non-hydrogen) atoms. The Balaban J connectivity index is 1.44. The smallest absolute Gasteiger partial charge is 0.0645 e. The van der Waals surface area contributed by atoms with Crippen LogP contribution in [0.2, 0.25) is 0 Å². The first-order valence-corrected chi connectivity index (χ1v) is 9.64. The van der Waals surface area contributed by atoms with Gasteiger partial charge in [-0.05, 0) is 36.0 Å². The van der Waals surface area contributed by atoms with Crippen molar-refractivity contribution in [1.29, 1.82) is 0 Å². The Morgan fingerprint density at radius 1 is 1.31 bits per heavy atom. The van der Waals surface area contributed by atoms with Crippen LogP contribution in [0.1, 0.15) is 37.3 Å². The number of rotatable bonds is 5. The van der Waals surface area contributed by atoms with E-state index < -0.39 is 0 Å². The highest BCUT2D eigenvalue weighted by Crippen LogP contribution is 2.41. The quantitative estimate of drug-likeness (QED) is 0.896. The van der Waals surface area contributed by atoms with Crippen LogP contribution in [0.15, 0.2) is 36.7 Å². The third-order valence-electron chi connectivity index (χ3n) is 6.06. The Kier molecular flexibility index (Phi) is 4.86. The molecule has 0 unspecified atom stereocenters. The highest BCUT2D eigenvalue weighted by molar-refractivity contribution is 5.35. The Bertz CT molecular complexity index is 740. The summed E-state index contributed by atoms with van der Waals surface area (Å²) in [5.74, 6) is 1.08. The zero-order chi connectivity index (χ0) is 18.1. The number of likely N-dealkylation sites (tertiary alicyclic amines) is 1. The molecule has 0 aliphatic carbocycles. The molecule has 2 atom stereocenters. The first kappa shape index (κ1) is 17.7. The maximum atomic E-state index is 9.93. The zero-order valence-electron chi connectivity index (χ0n) is 15.8. The number of fused-ring (bicyclic) bond motifs is 1. The third-order valence-corrected chi connectivity index (χ3v) is 6.06. The van der Waals surface area contributed by atoms with E-state index in [2.05, 4.69) is 54.3 Å². The number of benzene rings is 1. The van der Waals surface area contributed by atoms with E-state index in [9.17, 15) is 5.11 Å². The predicted octanol–water partition coefficient (Wildman–Crippen LogP) is 2.83. The van der Waals surface area contributed by atoms with Crippen LogP contribution in [-0.4, -0.2) is 52.7 Å². The van der Waals surface area contributed by atoms with Crippen LogP contribution >= 0.6 is 0 Å². The van der Waals surface area contributed by atoms with Gasteiger partial charge in [-0.2, -0.15) is 5.10 Å². The van der Waals surface area contributed by atoms with Gasteiger partial charge < -0.3 is 9.84 Å². The van der Waals surface area contributed by atoms with Crippen LogP contribution in [0, 0.1) is 11.3 Å². The average molecular weight is 355 g/mol. The normalized spacial score (nSPS) is 26.4. The molecule has 3 heterocycles. The number of ether oxygens (including phenoxy) is 1. The monoisotopic (exact) mass is 355 g/mol. The molecule has 0 amide bonds. The van der Waals surface area contributed by atoms with Crippen molar-refractivity contribution in [1.82, 2.24) is 14.7 Å². The highest BCUT2D eigenvalue weighted by atomic mass is 16.5. The average Bonchev–Trinajstić information content (AvgIpc) is 3.26. The van der Waals surface area contributed by atoms with Crippen molar-refractivity contribution < 1.29 is 9.84 Å². The minimum atomic E-state index is -0.0685. The minimum absolute atomic E-state index is 0.0685. The van der Waals surface area contributed by atoms with Crippen LogP contribution < -0.4 is 0 Å². The molecule has 2 aliphatic rings. The van der Waals surface area contributed by atoms with Gasteiger partial charge in [-0.25, -0.2) is 4.68 Å². The fourth-order valence-electron chi connectivity index (χ4n) is 4.40. The lowest BCUT2D eigenvalue weighted by Crippen LogP contribution is -2.42. The molecule has 1 aromatic heterocycles. The SMILES string of the molecule is CC(C)c1ccc(-n2cc(CN3C[C@@H]4CCOC[C@]4(CO)C3)cn2)cc1. The second-order valence-electron chi connectivity index (χ2n) is 8.27. The van der Waals surface area contributed by atoms with Gasteiger partial charge in [-0.1, -0.05) is 26.0 Å². The molecule has 0 saturated carbocycles. The lowest BCUT2D eigenvalue weighted by Gasteiger charge is -2.36. The first-order valence-electron chi connectivity index (χ1n) is 9.64. The maximum Gasteiger partial charge on any atom is 0.0645 e. The van der Waals surface area contributed by atoms with Crippen molar-refractivity contribution in [2.45, 2.75) is 32.7 Å². The Morgan fingerprint density at radius 2 is 2.12 bits per heavy atom. The van der Waals surface area contributed by atoms with Crippen molar-refractivity contribution >= 4 is 0 Å². The van der Waals surface area contributed by atoms with Gasteiger partial charge in [-0.15, -0.1) is 0 Å². The lowest BCUT2D eigenvalue weighted by atomic mass is 9.76. The van der Waals surface area contributed by atoms with Crippen LogP contribution in [0.5, 0.6) is 0 Å². The van der Waals surface area contributed by atoms with Gasteiger partial charge >= 0.3 is 0 Å². The Hall–Kier alpha value is -1.69. The fourth-order valence-corrected chi connectivity index (χ4v) is 4.40. The van der Waals surface area contributed by atoms with Crippen molar-refractivity contribution in [2.24, 2.45) is 11.3 Å². The van der Waals surface area contributed by atoms with Crippen LogP contribution in [0.25, 0.3) is 5.69 Å². The topological polar surface area (TPSA) is 50.5 Å². The highest BCUT2D eigenvalue weighted by Gasteiger charge is 2.47. The van der Waals surface area contributed by atoms with Gasteiger partial charge in [0, 0.05) is 43.4 Å². The molecule has 1 aromatic carbocycles. The first-order chi connectivity index (χ1) is 12.6. The molecule has 0 spiro atoms. The zero-order valence-corrected chi connectivity index (χ0v) is 15.8. The summed E-state index contributed by atoms with van der Waals surface area (Å²) in [6.45, 7) is 8.97. The van der Waals surface area contributed by atoms with Crippen molar-refractivity contribution in [3.8, 4) is 5.69 Å². The minimum Gasteiger partial charge on any atom is -0.396 e. The summed E-state index contributed by atoms with van der Waals surface area (Å²) in [5, 5.41) is 14.5. The van der Waals surface area contributed by atoms with Gasteiger partial charge in [-0.3, -0.25) is 4.90 Å². The molecule has 5 nitrogen and oxygen atoms in total. The van der Waals surface area contributed by atoms with Crippen molar-refractivity contribution in [3.63, 3.8) is 0 Å². The molecule has 2 aromatic rings. The fraction of sp³-hybridized carbons (Fsp3) is 0.571. The third kappa shape index (κ3) is 3.31. The van der Waals surface area contributed by atoms with E-state index in [0.29, 0.717) is 18.4 Å². The van der Waals surface area contributed by atoms with E-state index in [-0.39, 0.29) is 12.0 Å². The van der Waals surface area contributed by atoms with Crippen LogP contribution in [-0.2, 0) is 11.3 Å². The van der Waals surface area contributed by atoms with Crippen LogP contribution in [0.3, 0.4) is 0 Å². The van der Waals surface area contributed by atoms with Gasteiger partial charge in [0.1, 0.15) is 0 Å². The molecule has 0 radical (unpaired) electrons. The molecular formula is C21H29N3O2. The molecule has 2 fully saturated rings. The van der Waals surface area contributed by atoms with E-state index in [1.165, 1.54) is 11.1 Å². The van der Waals surface area contributed by atoms with E-state index in [0.717, 1.165) is 38.3 Å². The summed E-state index contributed by atoms with van der Waals surface area (Å²) < 4.78 is 7.61. The number of hydrogen-bond donors (Lipinski definition) is 1.